The summed E-state index contributed by atoms with van der Waals surface area (Å²) in [7, 11) is -3.54. The SMILES string of the molecule is Cc1[nH]c(-c2cc(NS(C)(=O)=O)ccc2Oc2ccc(F)cc2F)c2c1C(=O)CCC2. The molecule has 4 rings (SSSR count). The van der Waals surface area contributed by atoms with Gasteiger partial charge in [0.15, 0.2) is 17.3 Å². The van der Waals surface area contributed by atoms with Gasteiger partial charge in [-0.1, -0.05) is 0 Å². The lowest BCUT2D eigenvalue weighted by Crippen LogP contribution is -2.10. The maximum absolute atomic E-state index is 14.2. The maximum Gasteiger partial charge on any atom is 0.229 e. The first-order valence-corrected chi connectivity index (χ1v) is 11.5. The van der Waals surface area contributed by atoms with Crippen LogP contribution in [0.3, 0.4) is 0 Å². The van der Waals surface area contributed by atoms with Crippen LogP contribution in [0.4, 0.5) is 14.5 Å². The van der Waals surface area contributed by atoms with Gasteiger partial charge < -0.3 is 9.72 Å². The molecular formula is C22H20F2N2O4S. The van der Waals surface area contributed by atoms with Gasteiger partial charge in [0.05, 0.1) is 11.9 Å². The van der Waals surface area contributed by atoms with Crippen LogP contribution in [0.25, 0.3) is 11.3 Å². The van der Waals surface area contributed by atoms with E-state index in [4.69, 9.17) is 4.74 Å². The van der Waals surface area contributed by atoms with E-state index in [0.29, 0.717) is 47.8 Å². The van der Waals surface area contributed by atoms with Crippen LogP contribution in [-0.2, 0) is 16.4 Å². The minimum atomic E-state index is -3.54. The number of ketones is 1. The number of aromatic nitrogens is 1. The molecule has 0 spiro atoms. The Hall–Kier alpha value is -3.20. The number of Topliss-reactive ketones (excluding diaryl/α,β-unsaturated/α-hetero) is 1. The molecule has 31 heavy (non-hydrogen) atoms. The number of anilines is 1. The van der Waals surface area contributed by atoms with Crippen molar-refractivity contribution in [1.29, 1.82) is 0 Å². The molecule has 1 aromatic heterocycles. The number of hydrogen-bond acceptors (Lipinski definition) is 4. The summed E-state index contributed by atoms with van der Waals surface area (Å²) in [6, 6.07) is 7.51. The van der Waals surface area contributed by atoms with Gasteiger partial charge in [-0.15, -0.1) is 0 Å². The average Bonchev–Trinajstić information content (AvgIpc) is 3.01. The molecule has 0 radical (unpaired) electrons. The number of aryl methyl sites for hydroxylation is 1. The van der Waals surface area contributed by atoms with Gasteiger partial charge >= 0.3 is 0 Å². The third-order valence-corrected chi connectivity index (χ3v) is 5.67. The van der Waals surface area contributed by atoms with Crippen molar-refractivity contribution < 1.29 is 26.7 Å². The maximum atomic E-state index is 14.2. The molecule has 1 aliphatic carbocycles. The van der Waals surface area contributed by atoms with Gasteiger partial charge in [-0.05, 0) is 55.7 Å². The number of H-pyrrole nitrogens is 1. The molecule has 162 valence electrons. The lowest BCUT2D eigenvalue weighted by atomic mass is 9.89. The van der Waals surface area contributed by atoms with Gasteiger partial charge in [-0.2, -0.15) is 0 Å². The molecule has 0 bridgehead atoms. The Labute approximate surface area is 178 Å². The van der Waals surface area contributed by atoms with Crippen molar-refractivity contribution in [2.24, 2.45) is 0 Å². The van der Waals surface area contributed by atoms with E-state index in [1.165, 1.54) is 18.2 Å². The normalized spacial score (nSPS) is 13.7. The smallest absolute Gasteiger partial charge is 0.229 e. The summed E-state index contributed by atoms with van der Waals surface area (Å²) in [4.78, 5) is 15.6. The summed E-state index contributed by atoms with van der Waals surface area (Å²) in [5.41, 5.74) is 3.49. The van der Waals surface area contributed by atoms with Gasteiger partial charge in [0.2, 0.25) is 10.0 Å². The van der Waals surface area contributed by atoms with Crippen molar-refractivity contribution in [3.63, 3.8) is 0 Å². The number of sulfonamides is 1. The number of ether oxygens (including phenoxy) is 1. The zero-order valence-corrected chi connectivity index (χ0v) is 17.7. The van der Waals surface area contributed by atoms with Crippen LogP contribution in [-0.4, -0.2) is 25.4 Å². The van der Waals surface area contributed by atoms with E-state index < -0.39 is 21.7 Å². The molecule has 0 saturated carbocycles. The zero-order valence-electron chi connectivity index (χ0n) is 16.9. The molecule has 0 amide bonds. The lowest BCUT2D eigenvalue weighted by molar-refractivity contribution is 0.0972. The molecular weight excluding hydrogens is 426 g/mol. The number of halogens is 2. The molecule has 0 aliphatic heterocycles. The predicted molar refractivity (Wildman–Crippen MR) is 113 cm³/mol. The number of rotatable bonds is 5. The largest absolute Gasteiger partial charge is 0.454 e. The zero-order chi connectivity index (χ0) is 22.3. The van der Waals surface area contributed by atoms with Crippen molar-refractivity contribution in [2.75, 3.05) is 11.0 Å². The quantitative estimate of drug-likeness (QED) is 0.580. The highest BCUT2D eigenvalue weighted by molar-refractivity contribution is 7.92. The second-order valence-corrected chi connectivity index (χ2v) is 9.27. The fourth-order valence-corrected chi connectivity index (χ4v) is 4.41. The molecule has 1 aliphatic rings. The standard InChI is InChI=1S/C22H20F2N2O4S/c1-12-21-15(4-3-5-18(21)27)22(25-12)16-11-14(26-31(2,28)29)7-9-19(16)30-20-8-6-13(23)10-17(20)24/h6-11,25-26H,3-5H2,1-2H3. The van der Waals surface area contributed by atoms with E-state index in [2.05, 4.69) is 9.71 Å². The molecule has 3 aromatic rings. The van der Waals surface area contributed by atoms with Crippen LogP contribution in [0, 0.1) is 18.6 Å². The molecule has 2 N–H and O–H groups in total. The fourth-order valence-electron chi connectivity index (χ4n) is 3.85. The number of carbonyl (C=O) groups excluding carboxylic acids is 1. The molecule has 1 heterocycles. The van der Waals surface area contributed by atoms with Gasteiger partial charge in [0.1, 0.15) is 11.6 Å². The first-order chi connectivity index (χ1) is 14.6. The Morgan fingerprint density at radius 1 is 1.06 bits per heavy atom. The van der Waals surface area contributed by atoms with Gasteiger partial charge in [-0.25, -0.2) is 17.2 Å². The fraction of sp³-hybridized carbons (Fsp3) is 0.227. The van der Waals surface area contributed by atoms with Crippen LogP contribution >= 0.6 is 0 Å². The summed E-state index contributed by atoms with van der Waals surface area (Å²) in [6.45, 7) is 1.80. The third kappa shape index (κ3) is 4.32. The number of carbonyl (C=O) groups is 1. The molecule has 0 saturated heterocycles. The first-order valence-electron chi connectivity index (χ1n) is 9.62. The highest BCUT2D eigenvalue weighted by Crippen LogP contribution is 2.41. The van der Waals surface area contributed by atoms with E-state index in [0.717, 1.165) is 17.9 Å². The summed E-state index contributed by atoms with van der Waals surface area (Å²) in [6.07, 6.45) is 2.85. The number of hydrogen-bond donors (Lipinski definition) is 2. The van der Waals surface area contributed by atoms with Gasteiger partial charge in [-0.3, -0.25) is 9.52 Å². The Morgan fingerprint density at radius 2 is 1.81 bits per heavy atom. The van der Waals surface area contributed by atoms with Crippen LogP contribution < -0.4 is 9.46 Å². The molecule has 0 fully saturated rings. The van der Waals surface area contributed by atoms with E-state index in [9.17, 15) is 22.0 Å². The molecule has 2 aromatic carbocycles. The van der Waals surface area contributed by atoms with E-state index in [1.807, 2.05) is 0 Å². The number of aromatic amines is 1. The van der Waals surface area contributed by atoms with Crippen LogP contribution in [0.15, 0.2) is 36.4 Å². The van der Waals surface area contributed by atoms with Crippen LogP contribution in [0.5, 0.6) is 11.5 Å². The van der Waals surface area contributed by atoms with Gasteiger partial charge in [0.25, 0.3) is 0 Å². The van der Waals surface area contributed by atoms with E-state index in [1.54, 1.807) is 13.0 Å². The lowest BCUT2D eigenvalue weighted by Gasteiger charge is -2.16. The molecule has 6 nitrogen and oxygen atoms in total. The molecule has 0 atom stereocenters. The highest BCUT2D eigenvalue weighted by atomic mass is 32.2. The summed E-state index contributed by atoms with van der Waals surface area (Å²) in [5, 5.41) is 0. The monoisotopic (exact) mass is 446 g/mol. The minimum absolute atomic E-state index is 0.0405. The van der Waals surface area contributed by atoms with E-state index in [-0.39, 0.29) is 23.0 Å². The predicted octanol–water partition coefficient (Wildman–Crippen LogP) is 4.95. The Balaban J connectivity index is 1.87. The third-order valence-electron chi connectivity index (χ3n) is 5.07. The summed E-state index contributed by atoms with van der Waals surface area (Å²) < 4.78 is 59.0. The average molecular weight is 446 g/mol. The second kappa shape index (κ2) is 7.81. The van der Waals surface area contributed by atoms with Crippen molar-refractivity contribution in [3.05, 3.63) is 64.9 Å². The van der Waals surface area contributed by atoms with Crippen LogP contribution in [0.1, 0.15) is 34.5 Å². The molecule has 9 heteroatoms. The van der Waals surface area contributed by atoms with Crippen molar-refractivity contribution in [1.82, 2.24) is 4.98 Å². The van der Waals surface area contributed by atoms with E-state index >= 15 is 0 Å². The summed E-state index contributed by atoms with van der Waals surface area (Å²) in [5.74, 6) is -1.51. The number of benzene rings is 2. The Morgan fingerprint density at radius 3 is 2.52 bits per heavy atom. The van der Waals surface area contributed by atoms with Gasteiger partial charge in [0, 0.05) is 35.0 Å². The van der Waals surface area contributed by atoms with Crippen LogP contribution in [0.2, 0.25) is 0 Å². The summed E-state index contributed by atoms with van der Waals surface area (Å²) >= 11 is 0. The highest BCUT2D eigenvalue weighted by Gasteiger charge is 2.27. The topological polar surface area (TPSA) is 88.3 Å². The first kappa shape index (κ1) is 21.0. The second-order valence-electron chi connectivity index (χ2n) is 7.52. The Bertz CT molecular complexity index is 1300. The number of fused-ring (bicyclic) bond motifs is 1. The molecule has 0 unspecified atom stereocenters. The Kier molecular flexibility index (Phi) is 5.30. The minimum Gasteiger partial charge on any atom is -0.454 e. The van der Waals surface area contributed by atoms with Crippen molar-refractivity contribution >= 4 is 21.5 Å². The van der Waals surface area contributed by atoms with Crippen molar-refractivity contribution in [2.45, 2.75) is 26.2 Å². The number of nitrogens with one attached hydrogen (secondary N) is 2. The van der Waals surface area contributed by atoms with Crippen molar-refractivity contribution in [3.8, 4) is 22.8 Å².